The van der Waals surface area contributed by atoms with E-state index in [-0.39, 0.29) is 82.6 Å². The number of rotatable bonds is 17. The van der Waals surface area contributed by atoms with Crippen molar-refractivity contribution in [2.24, 2.45) is 5.73 Å². The summed E-state index contributed by atoms with van der Waals surface area (Å²) in [6, 6.07) is 24.7. The third-order valence-corrected chi connectivity index (χ3v) is 17.7. The van der Waals surface area contributed by atoms with E-state index >= 15 is 0 Å². The number of aromatic nitrogens is 6. The molecule has 3 aromatic heterocycles. The van der Waals surface area contributed by atoms with Gasteiger partial charge in [0, 0.05) is 62.0 Å². The number of hydrogen-bond acceptors (Lipinski definition) is 15. The van der Waals surface area contributed by atoms with Crippen molar-refractivity contribution >= 4 is 65.6 Å². The lowest BCUT2D eigenvalue weighted by Crippen LogP contribution is -2.30. The highest BCUT2D eigenvalue weighted by Crippen LogP contribution is 2.38. The Morgan fingerprint density at radius 2 is 0.752 bits per heavy atom. The molecule has 0 saturated carbocycles. The van der Waals surface area contributed by atoms with Crippen molar-refractivity contribution in [3.05, 3.63) is 245 Å². The number of ether oxygens (including phenoxy) is 2. The highest BCUT2D eigenvalue weighted by Gasteiger charge is 2.37. The first kappa shape index (κ1) is 83.2. The van der Waals surface area contributed by atoms with Gasteiger partial charge in [0.15, 0.2) is 0 Å². The van der Waals surface area contributed by atoms with E-state index < -0.39 is 100 Å². The lowest BCUT2D eigenvalue weighted by atomic mass is 10.0. The van der Waals surface area contributed by atoms with Crippen molar-refractivity contribution in [3.63, 3.8) is 0 Å². The number of anilines is 3. The molecule has 6 heterocycles. The molecule has 22 nitrogen and oxygen atoms in total. The Kier molecular flexibility index (Phi) is 26.1. The van der Waals surface area contributed by atoms with Crippen molar-refractivity contribution < 1.29 is 101 Å². The van der Waals surface area contributed by atoms with Crippen molar-refractivity contribution in [2.75, 3.05) is 48.6 Å². The Morgan fingerprint density at radius 1 is 0.450 bits per heavy atom. The molecule has 0 radical (unpaired) electrons. The number of nitrogens with two attached hydrogens (primary N) is 1. The monoisotopic (exact) mass is 1550 g/mol. The highest BCUT2D eigenvalue weighted by molar-refractivity contribution is 6.02. The van der Waals surface area contributed by atoms with Crippen LogP contribution in [0.2, 0.25) is 0 Å². The molecule has 6 N–H and O–H groups in total. The van der Waals surface area contributed by atoms with Crippen LogP contribution in [0.25, 0.3) is 0 Å². The zero-order chi connectivity index (χ0) is 79.2. The predicted molar refractivity (Wildman–Crippen MR) is 376 cm³/mol. The molecule has 3 aliphatic heterocycles. The minimum atomic E-state index is -4.46. The molecular weight excluding hydrogens is 1480 g/mol. The quantitative estimate of drug-likeness (QED) is 0.0418. The maximum atomic E-state index is 14.6. The van der Waals surface area contributed by atoms with E-state index in [1.54, 1.807) is 88.5 Å². The summed E-state index contributed by atoms with van der Waals surface area (Å²) in [6.45, 7) is 13.2. The minimum absolute atomic E-state index is 0. The van der Waals surface area contributed by atoms with Gasteiger partial charge < -0.3 is 50.8 Å². The normalized spacial score (nSPS) is 13.7. The minimum Gasteiger partial charge on any atom is -0.478 e. The number of amides is 2. The number of benzene rings is 6. The van der Waals surface area contributed by atoms with Crippen LogP contribution in [0, 0.1) is 38.2 Å². The average molecular weight is 1550 g/mol. The summed E-state index contributed by atoms with van der Waals surface area (Å²) in [5.74, 6) is -5.09. The molecule has 35 heteroatoms. The molecule has 9 aromatic rings. The van der Waals surface area contributed by atoms with Crippen LogP contribution in [0.3, 0.4) is 0 Å². The molecule has 6 aromatic carbocycles. The number of carbonyl (C=O) groups is 6. The number of carbonyl (C=O) groups excluding carboxylic acids is 4. The van der Waals surface area contributed by atoms with E-state index in [0.717, 1.165) is 54.6 Å². The maximum absolute atomic E-state index is 14.6. The molecule has 580 valence electrons. The van der Waals surface area contributed by atoms with Crippen LogP contribution in [-0.2, 0) is 67.3 Å². The number of carboxylic acids is 2. The Balaban J connectivity index is 0.000000192. The van der Waals surface area contributed by atoms with Crippen LogP contribution in [-0.4, -0.2) is 109 Å². The number of aryl methyl sites for hydroxylation is 3. The standard InChI is InChI=1S/C25H24F4N4O3.C24H22F4N4O3.C15H14F3N3O2.C10H12FNO2.ClH/c1-14(19-8-7-17(12-20(19)26)24(35)36-3)30-22(34)21-15(2)31-33-10-9-32(23(21)33)13-16-5-4-6-18(11-16)25(27,28)29;1-13(18-7-6-16(23(34)35)11-19(18)25)29-21(33)20-14(2)30-32-9-8-31(22(20)32)12-15-4-3-5-17(10-15)24(26,27)28;1-9-12(14(22)23)13-20(5-6-21(13)19-9)8-10-3-2-4-11(7-10)15(16,17)18;1-6(12)8-4-3-7(5-9(8)11)10(13)14-2;/h4-8,11-12,14H,9-10,13H2,1-3H3,(H,30,34);3-7,10-11,13H,8-9,12H2,1-2H3,(H,29,33)(H,34,35);2-4,7H,5-6,8H2,1H3,(H,22,23);3-6H,12H2,1-2H3;1H/t14-;13-;;6-;/m00.0./s1. The molecule has 0 spiro atoms. The fourth-order valence-electron chi connectivity index (χ4n) is 12.5. The molecule has 0 saturated heterocycles. The molecule has 3 aliphatic rings. The summed E-state index contributed by atoms with van der Waals surface area (Å²) in [6.07, 6.45) is -13.3. The lowest BCUT2D eigenvalue weighted by Gasteiger charge is -2.21. The summed E-state index contributed by atoms with van der Waals surface area (Å²) in [5.41, 5.74) is 7.31. The number of carboxylic acid groups (broad SMARTS) is 2. The van der Waals surface area contributed by atoms with Crippen molar-refractivity contribution in [1.29, 1.82) is 0 Å². The van der Waals surface area contributed by atoms with E-state index in [2.05, 4.69) is 35.4 Å². The Labute approximate surface area is 621 Å². The van der Waals surface area contributed by atoms with Gasteiger partial charge in [-0.05, 0) is 131 Å². The second-order valence-corrected chi connectivity index (χ2v) is 25.4. The summed E-state index contributed by atoms with van der Waals surface area (Å²) < 4.78 is 173. The SMILES string of the molecule is COC(=O)c1ccc([C@H](C)N)c(F)c1.COC(=O)c1ccc([C@H](C)NC(=O)c2c(C)nn3c2N(Cc2cccc(C(F)(F)F)c2)CC3)c(F)c1.Cc1nn2c(c1C(=O)N[C@@H](C)c1ccc(C(=O)O)cc1F)N(Cc1cccc(C(F)(F)F)c1)CC2.Cc1nn2c(c1C(=O)O)N(Cc1cccc(C(F)(F)F)c1)CC2.Cl. The van der Waals surface area contributed by atoms with Gasteiger partial charge in [-0.15, -0.1) is 12.4 Å². The van der Waals surface area contributed by atoms with Crippen LogP contribution < -0.4 is 31.1 Å². The van der Waals surface area contributed by atoms with Gasteiger partial charge in [-0.2, -0.15) is 54.8 Å². The summed E-state index contributed by atoms with van der Waals surface area (Å²) >= 11 is 0. The third-order valence-electron chi connectivity index (χ3n) is 17.7. The molecule has 0 fully saturated rings. The first-order valence-corrected chi connectivity index (χ1v) is 33.1. The molecule has 3 atom stereocenters. The number of halogens is 13. The molecule has 12 rings (SSSR count). The van der Waals surface area contributed by atoms with Crippen molar-refractivity contribution in [3.8, 4) is 0 Å². The second kappa shape index (κ2) is 34.2. The largest absolute Gasteiger partial charge is 0.478 e. The Morgan fingerprint density at radius 3 is 1.05 bits per heavy atom. The van der Waals surface area contributed by atoms with Crippen LogP contribution in [0.5, 0.6) is 0 Å². The highest BCUT2D eigenvalue weighted by atomic mass is 35.5. The van der Waals surface area contributed by atoms with Gasteiger partial charge in [0.05, 0.1) is 96.4 Å². The number of alkyl halides is 9. The smallest absolute Gasteiger partial charge is 0.416 e. The molecule has 0 aliphatic carbocycles. The molecular formula is C74H73ClF12N12O10. The van der Waals surface area contributed by atoms with E-state index in [1.165, 1.54) is 68.8 Å². The zero-order valence-electron chi connectivity index (χ0n) is 59.4. The van der Waals surface area contributed by atoms with Crippen LogP contribution in [0.4, 0.5) is 70.1 Å². The van der Waals surface area contributed by atoms with Gasteiger partial charge >= 0.3 is 42.4 Å². The first-order chi connectivity index (χ1) is 50.8. The maximum Gasteiger partial charge on any atom is 0.416 e. The molecule has 0 bridgehead atoms. The molecule has 2 amide bonds. The van der Waals surface area contributed by atoms with Gasteiger partial charge in [-0.1, -0.05) is 54.6 Å². The summed E-state index contributed by atoms with van der Waals surface area (Å²) in [5, 5.41) is 36.8. The zero-order valence-corrected chi connectivity index (χ0v) is 60.2. The van der Waals surface area contributed by atoms with Crippen LogP contribution in [0.15, 0.2) is 127 Å². The van der Waals surface area contributed by atoms with Gasteiger partial charge in [0.25, 0.3) is 11.8 Å². The number of hydrogen-bond donors (Lipinski definition) is 5. The second-order valence-electron chi connectivity index (χ2n) is 25.4. The van der Waals surface area contributed by atoms with E-state index in [9.17, 15) is 86.6 Å². The number of esters is 2. The number of nitrogens with zero attached hydrogens (tertiary/aromatic N) is 9. The first-order valence-electron chi connectivity index (χ1n) is 33.1. The fraction of sp³-hybridized carbons (Fsp3) is 0.311. The average Bonchev–Trinajstić information content (AvgIpc) is 1.63. The van der Waals surface area contributed by atoms with Gasteiger partial charge in [0.2, 0.25) is 0 Å². The number of nitrogens with one attached hydrogen (secondary N) is 2. The molecule has 0 unspecified atom stereocenters. The lowest BCUT2D eigenvalue weighted by molar-refractivity contribution is -0.138. The van der Waals surface area contributed by atoms with Crippen LogP contribution >= 0.6 is 12.4 Å². The van der Waals surface area contributed by atoms with Gasteiger partial charge in [-0.3, -0.25) is 9.59 Å². The fourth-order valence-corrected chi connectivity index (χ4v) is 12.5. The Hall–Kier alpha value is -11.4. The number of aromatic carboxylic acids is 2. The Bertz CT molecular complexity index is 4880. The predicted octanol–water partition coefficient (Wildman–Crippen LogP) is 14.2. The molecule has 109 heavy (non-hydrogen) atoms. The van der Waals surface area contributed by atoms with Crippen molar-refractivity contribution in [1.82, 2.24) is 40.0 Å². The summed E-state index contributed by atoms with van der Waals surface area (Å²) in [7, 11) is 2.44. The van der Waals surface area contributed by atoms with E-state index in [0.29, 0.717) is 96.1 Å². The van der Waals surface area contributed by atoms with E-state index in [4.69, 9.17) is 10.8 Å². The number of fused-ring (bicyclic) bond motifs is 3. The van der Waals surface area contributed by atoms with Gasteiger partial charge in [0.1, 0.15) is 51.6 Å². The van der Waals surface area contributed by atoms with Gasteiger partial charge in [-0.25, -0.2) is 46.4 Å². The topological polar surface area (TPSA) is 275 Å². The number of methoxy groups -OCH3 is 2. The van der Waals surface area contributed by atoms with E-state index in [1.807, 2.05) is 0 Å². The van der Waals surface area contributed by atoms with Crippen molar-refractivity contribution in [2.45, 2.75) is 117 Å². The van der Waals surface area contributed by atoms with Crippen LogP contribution in [0.1, 0.15) is 168 Å². The third kappa shape index (κ3) is 19.5. The summed E-state index contributed by atoms with van der Waals surface area (Å²) in [4.78, 5) is 76.9.